The average Bonchev–Trinajstić information content (AvgIpc) is 2.74. The number of nitrogens with zero attached hydrogens (tertiary/aromatic N) is 1. The first-order valence-electron chi connectivity index (χ1n) is 10.2. The van der Waals surface area contributed by atoms with E-state index in [1.54, 1.807) is 24.3 Å². The third-order valence-electron chi connectivity index (χ3n) is 5.68. The summed E-state index contributed by atoms with van der Waals surface area (Å²) in [4.78, 5) is 39.9. The van der Waals surface area contributed by atoms with E-state index >= 15 is 0 Å². The van der Waals surface area contributed by atoms with Crippen molar-refractivity contribution in [3.05, 3.63) is 70.9 Å². The fraction of sp³-hybridized carbons (Fsp3) is 0.292. The summed E-state index contributed by atoms with van der Waals surface area (Å²) in [6, 6.07) is 14.3. The first-order valence-corrected chi connectivity index (χ1v) is 10.2. The van der Waals surface area contributed by atoms with Gasteiger partial charge in [0.15, 0.2) is 5.78 Å². The lowest BCUT2D eigenvalue weighted by molar-refractivity contribution is -0.119. The van der Waals surface area contributed by atoms with Crippen molar-refractivity contribution in [2.75, 3.05) is 11.5 Å². The number of ketones is 1. The molecule has 1 aliphatic carbocycles. The van der Waals surface area contributed by atoms with E-state index in [0.717, 1.165) is 5.56 Å². The number of para-hydroxylation sites is 2. The van der Waals surface area contributed by atoms with Crippen LogP contribution in [0.5, 0.6) is 5.75 Å². The van der Waals surface area contributed by atoms with Crippen LogP contribution in [0.3, 0.4) is 0 Å². The average molecular weight is 404 g/mol. The monoisotopic (exact) mass is 404 g/mol. The Morgan fingerprint density at radius 2 is 1.83 bits per heavy atom. The molecule has 0 radical (unpaired) electrons. The lowest BCUT2D eigenvalue weighted by atomic mass is 9.76. The summed E-state index contributed by atoms with van der Waals surface area (Å²) in [7, 11) is 0. The molecule has 1 unspecified atom stereocenters. The highest BCUT2D eigenvalue weighted by atomic mass is 16.5. The van der Waals surface area contributed by atoms with Gasteiger partial charge in [0.1, 0.15) is 5.75 Å². The Hall–Kier alpha value is -3.41. The molecule has 1 aliphatic heterocycles. The van der Waals surface area contributed by atoms with E-state index in [0.29, 0.717) is 48.6 Å². The van der Waals surface area contributed by atoms with E-state index < -0.39 is 5.91 Å². The van der Waals surface area contributed by atoms with Crippen LogP contribution in [0, 0.1) is 0 Å². The van der Waals surface area contributed by atoms with Crippen LogP contribution in [0.2, 0.25) is 0 Å². The van der Waals surface area contributed by atoms with E-state index in [1.165, 1.54) is 4.90 Å². The third-order valence-corrected chi connectivity index (χ3v) is 5.68. The van der Waals surface area contributed by atoms with Gasteiger partial charge in [0.25, 0.3) is 5.91 Å². The van der Waals surface area contributed by atoms with Crippen molar-refractivity contribution >= 4 is 23.3 Å². The zero-order chi connectivity index (χ0) is 21.3. The summed E-state index contributed by atoms with van der Waals surface area (Å²) >= 11 is 0. The fourth-order valence-electron chi connectivity index (χ4n) is 4.47. The molecule has 30 heavy (non-hydrogen) atoms. The van der Waals surface area contributed by atoms with Crippen molar-refractivity contribution in [2.45, 2.75) is 38.5 Å². The minimum atomic E-state index is -0.605. The molecule has 1 atom stereocenters. The van der Waals surface area contributed by atoms with E-state index in [-0.39, 0.29) is 29.6 Å². The molecule has 0 bridgehead atoms. The molecule has 0 spiro atoms. The summed E-state index contributed by atoms with van der Waals surface area (Å²) in [6.45, 7) is 2.40. The molecular weight excluding hydrogens is 380 g/mol. The maximum absolute atomic E-state index is 13.4. The van der Waals surface area contributed by atoms with Crippen molar-refractivity contribution in [3.8, 4) is 5.75 Å². The predicted octanol–water partition coefficient (Wildman–Crippen LogP) is 3.71. The number of anilines is 1. The molecule has 6 heteroatoms. The van der Waals surface area contributed by atoms with Gasteiger partial charge in [0, 0.05) is 35.6 Å². The fourth-order valence-corrected chi connectivity index (χ4v) is 4.47. The van der Waals surface area contributed by atoms with Crippen molar-refractivity contribution in [2.24, 2.45) is 5.73 Å². The molecule has 0 saturated heterocycles. The second-order valence-electron chi connectivity index (χ2n) is 7.48. The Morgan fingerprint density at radius 3 is 2.60 bits per heavy atom. The highest BCUT2D eigenvalue weighted by molar-refractivity contribution is 6.10. The van der Waals surface area contributed by atoms with Gasteiger partial charge in [0.05, 0.1) is 17.9 Å². The van der Waals surface area contributed by atoms with E-state index in [1.807, 2.05) is 31.2 Å². The van der Waals surface area contributed by atoms with Crippen molar-refractivity contribution in [1.82, 2.24) is 0 Å². The molecule has 6 nitrogen and oxygen atoms in total. The normalized spacial score (nSPS) is 19.0. The van der Waals surface area contributed by atoms with Gasteiger partial charge in [-0.15, -0.1) is 0 Å². The molecule has 0 saturated carbocycles. The Morgan fingerprint density at radius 1 is 1.10 bits per heavy atom. The van der Waals surface area contributed by atoms with Crippen LogP contribution in [0.1, 0.15) is 54.4 Å². The number of allylic oxidation sites excluding steroid dienone is 2. The van der Waals surface area contributed by atoms with Gasteiger partial charge in [-0.3, -0.25) is 19.3 Å². The number of hydrogen-bond donors (Lipinski definition) is 1. The van der Waals surface area contributed by atoms with Gasteiger partial charge in [-0.1, -0.05) is 30.3 Å². The highest BCUT2D eigenvalue weighted by Crippen LogP contribution is 2.45. The second kappa shape index (κ2) is 8.14. The number of rotatable bonds is 5. The van der Waals surface area contributed by atoms with Gasteiger partial charge < -0.3 is 10.5 Å². The minimum Gasteiger partial charge on any atom is -0.494 e. The summed E-state index contributed by atoms with van der Waals surface area (Å²) in [5, 5.41) is 0. The van der Waals surface area contributed by atoms with E-state index in [9.17, 15) is 14.4 Å². The first kappa shape index (κ1) is 19.9. The molecular formula is C24H24N2O4. The van der Waals surface area contributed by atoms with Gasteiger partial charge in [-0.25, -0.2) is 0 Å². The van der Waals surface area contributed by atoms with Crippen LogP contribution in [0.4, 0.5) is 5.69 Å². The summed E-state index contributed by atoms with van der Waals surface area (Å²) in [5.41, 5.74) is 8.43. The molecule has 154 valence electrons. The topological polar surface area (TPSA) is 89.7 Å². The van der Waals surface area contributed by atoms with Crippen LogP contribution in [-0.2, 0) is 9.59 Å². The highest BCUT2D eigenvalue weighted by Gasteiger charge is 2.41. The maximum atomic E-state index is 13.4. The molecule has 0 fully saturated rings. The number of amides is 2. The van der Waals surface area contributed by atoms with Gasteiger partial charge in [-0.05, 0) is 38.0 Å². The maximum Gasteiger partial charge on any atom is 0.250 e. The zero-order valence-electron chi connectivity index (χ0n) is 16.9. The van der Waals surface area contributed by atoms with Crippen molar-refractivity contribution < 1.29 is 19.1 Å². The second-order valence-corrected chi connectivity index (χ2v) is 7.48. The smallest absolute Gasteiger partial charge is 0.250 e. The van der Waals surface area contributed by atoms with Crippen LogP contribution in [-0.4, -0.2) is 24.2 Å². The molecule has 2 aromatic rings. The van der Waals surface area contributed by atoms with Crippen LogP contribution >= 0.6 is 0 Å². The third kappa shape index (κ3) is 3.38. The van der Waals surface area contributed by atoms with Crippen molar-refractivity contribution in [1.29, 1.82) is 0 Å². The Bertz CT molecular complexity index is 1060. The van der Waals surface area contributed by atoms with Gasteiger partial charge >= 0.3 is 0 Å². The number of nitrogens with two attached hydrogens (primary N) is 1. The summed E-state index contributed by atoms with van der Waals surface area (Å²) in [5.74, 6) is -0.393. The Kier molecular flexibility index (Phi) is 5.40. The number of ether oxygens (including phenoxy) is 1. The zero-order valence-corrected chi connectivity index (χ0v) is 16.9. The lowest BCUT2D eigenvalue weighted by Crippen LogP contribution is -2.41. The number of carbonyl (C=O) groups excluding carboxylic acids is 3. The molecule has 2 N–H and O–H groups in total. The molecule has 2 aliphatic rings. The summed E-state index contributed by atoms with van der Waals surface area (Å²) in [6.07, 6.45) is 1.83. The SMILES string of the molecule is CCOc1ccccc1C1CC(=O)N(c2ccccc2C(N)=O)C2=C1C(=O)CCC2. The number of carbonyl (C=O) groups is 3. The Balaban J connectivity index is 1.90. The lowest BCUT2D eigenvalue weighted by Gasteiger charge is -2.39. The van der Waals surface area contributed by atoms with E-state index in [4.69, 9.17) is 10.5 Å². The molecule has 2 aromatic carbocycles. The number of Topliss-reactive ketones (excluding diaryl/α,β-unsaturated/α-hetero) is 1. The van der Waals surface area contributed by atoms with Crippen LogP contribution in [0.15, 0.2) is 59.8 Å². The minimum absolute atomic E-state index is 0.0432. The van der Waals surface area contributed by atoms with Gasteiger partial charge in [-0.2, -0.15) is 0 Å². The van der Waals surface area contributed by atoms with Crippen LogP contribution < -0.4 is 15.4 Å². The number of hydrogen-bond acceptors (Lipinski definition) is 4. The van der Waals surface area contributed by atoms with Crippen LogP contribution in [0.25, 0.3) is 0 Å². The largest absolute Gasteiger partial charge is 0.494 e. The van der Waals surface area contributed by atoms with E-state index in [2.05, 4.69) is 0 Å². The molecule has 0 aromatic heterocycles. The van der Waals surface area contributed by atoms with Gasteiger partial charge in [0.2, 0.25) is 5.91 Å². The molecule has 1 heterocycles. The van der Waals surface area contributed by atoms with Crippen molar-refractivity contribution in [3.63, 3.8) is 0 Å². The first-order chi connectivity index (χ1) is 14.5. The quantitative estimate of drug-likeness (QED) is 0.823. The molecule has 2 amide bonds. The molecule has 4 rings (SSSR count). The predicted molar refractivity (Wildman–Crippen MR) is 113 cm³/mol. The Labute approximate surface area is 175 Å². The number of primary amides is 1. The standard InChI is InChI=1S/C24H24N2O4/c1-2-30-21-13-6-4-8-15(21)17-14-22(28)26(19-11-7-12-20(27)23(17)19)18-10-5-3-9-16(18)24(25)29/h3-6,8-10,13,17H,2,7,11-12,14H2,1H3,(H2,25,29). The summed E-state index contributed by atoms with van der Waals surface area (Å²) < 4.78 is 5.78. The number of benzene rings is 2.